The number of benzene rings is 2. The van der Waals surface area contributed by atoms with Crippen LogP contribution in [-0.4, -0.2) is 44.8 Å². The summed E-state index contributed by atoms with van der Waals surface area (Å²) < 4.78 is 20.8. The molecule has 180 valence electrons. The zero-order chi connectivity index (χ0) is 24.3. The molecule has 2 N–H and O–H groups in total. The Labute approximate surface area is 198 Å². The van der Waals surface area contributed by atoms with E-state index in [9.17, 15) is 9.18 Å². The average molecular weight is 467 g/mol. The highest BCUT2D eigenvalue weighted by molar-refractivity contribution is 5.81. The Morgan fingerprint density at radius 3 is 2.59 bits per heavy atom. The number of carbonyl (C=O) groups is 1. The Kier molecular flexibility index (Phi) is 6.92. The number of amides is 1. The second-order valence-corrected chi connectivity index (χ2v) is 9.74. The van der Waals surface area contributed by atoms with Crippen LogP contribution >= 0.6 is 0 Å². The fourth-order valence-electron chi connectivity index (χ4n) is 4.70. The highest BCUT2D eigenvalue weighted by Crippen LogP contribution is 2.41. The maximum Gasteiger partial charge on any atom is 0.224 e. The van der Waals surface area contributed by atoms with Gasteiger partial charge in [0.15, 0.2) is 0 Å². The maximum absolute atomic E-state index is 13.6. The highest BCUT2D eigenvalue weighted by atomic mass is 19.1. The molecule has 0 saturated heterocycles. The van der Waals surface area contributed by atoms with E-state index in [1.807, 2.05) is 39.0 Å². The van der Waals surface area contributed by atoms with Gasteiger partial charge in [0.1, 0.15) is 17.9 Å². The normalized spacial score (nSPS) is 20.3. The van der Waals surface area contributed by atoms with Gasteiger partial charge in [-0.05, 0) is 79.9 Å². The summed E-state index contributed by atoms with van der Waals surface area (Å²) in [5, 5.41) is 18.1. The average Bonchev–Trinajstić information content (AvgIpc) is 3.47. The summed E-state index contributed by atoms with van der Waals surface area (Å²) in [7, 11) is 1.64. The third kappa shape index (κ3) is 5.41. The topological polar surface area (TPSA) is 94.0 Å². The lowest BCUT2D eigenvalue weighted by Gasteiger charge is -2.29. The standard InChI is InChI=1S/C25H31FN6O2/c1-25(2,3)29-24(33)20-10-11-21(23(20)16-5-7-18(26)8-6-16)27-14-17-13-19(9-12-22(17)34-4)32-15-28-30-31-32/h5-9,12-13,15,20-21,23,27H,10-11,14H2,1-4H3,(H,29,33)/t20-,21-,23+/m0/s1. The smallest absolute Gasteiger partial charge is 0.224 e. The first-order chi connectivity index (χ1) is 16.2. The van der Waals surface area contributed by atoms with Crippen LogP contribution < -0.4 is 15.4 Å². The van der Waals surface area contributed by atoms with Gasteiger partial charge in [-0.25, -0.2) is 9.07 Å². The molecule has 4 rings (SSSR count). The van der Waals surface area contributed by atoms with E-state index in [-0.39, 0.29) is 35.1 Å². The van der Waals surface area contributed by atoms with E-state index in [1.165, 1.54) is 12.1 Å². The number of methoxy groups -OCH3 is 1. The lowest BCUT2D eigenvalue weighted by atomic mass is 9.85. The van der Waals surface area contributed by atoms with Gasteiger partial charge in [-0.2, -0.15) is 0 Å². The van der Waals surface area contributed by atoms with E-state index in [0.717, 1.165) is 35.4 Å². The fraction of sp³-hybridized carbons (Fsp3) is 0.440. The van der Waals surface area contributed by atoms with E-state index in [1.54, 1.807) is 30.3 Å². The van der Waals surface area contributed by atoms with Crippen LogP contribution in [0.15, 0.2) is 48.8 Å². The number of carbonyl (C=O) groups excluding carboxylic acids is 1. The lowest BCUT2D eigenvalue weighted by Crippen LogP contribution is -2.45. The molecule has 34 heavy (non-hydrogen) atoms. The number of hydrogen-bond donors (Lipinski definition) is 2. The Morgan fingerprint density at radius 2 is 1.94 bits per heavy atom. The molecule has 1 heterocycles. The number of ether oxygens (including phenoxy) is 1. The van der Waals surface area contributed by atoms with Crippen molar-refractivity contribution in [2.24, 2.45) is 5.92 Å². The number of aromatic nitrogens is 4. The summed E-state index contributed by atoms with van der Waals surface area (Å²) in [6.07, 6.45) is 3.13. The minimum atomic E-state index is -0.319. The van der Waals surface area contributed by atoms with Crippen molar-refractivity contribution in [3.05, 3.63) is 65.7 Å². The molecular formula is C25H31FN6O2. The van der Waals surface area contributed by atoms with Crippen molar-refractivity contribution in [2.75, 3.05) is 7.11 Å². The first-order valence-electron chi connectivity index (χ1n) is 11.5. The number of nitrogens with one attached hydrogen (secondary N) is 2. The molecule has 2 aromatic carbocycles. The van der Waals surface area contributed by atoms with Crippen molar-refractivity contribution in [3.8, 4) is 11.4 Å². The summed E-state index contributed by atoms with van der Waals surface area (Å²) in [5.41, 5.74) is 2.42. The van der Waals surface area contributed by atoms with E-state index in [2.05, 4.69) is 26.2 Å². The summed E-state index contributed by atoms with van der Waals surface area (Å²) in [6.45, 7) is 6.47. The molecule has 1 aliphatic rings. The van der Waals surface area contributed by atoms with Crippen LogP contribution in [0.2, 0.25) is 0 Å². The predicted molar refractivity (Wildman–Crippen MR) is 126 cm³/mol. The van der Waals surface area contributed by atoms with Crippen molar-refractivity contribution in [1.82, 2.24) is 30.8 Å². The third-order valence-electron chi connectivity index (χ3n) is 6.18. The maximum atomic E-state index is 13.6. The Balaban J connectivity index is 1.57. The van der Waals surface area contributed by atoms with Crippen LogP contribution in [0.3, 0.4) is 0 Å². The number of tetrazole rings is 1. The largest absolute Gasteiger partial charge is 0.496 e. The predicted octanol–water partition coefficient (Wildman–Crippen LogP) is 3.38. The van der Waals surface area contributed by atoms with Gasteiger partial charge in [0.25, 0.3) is 0 Å². The van der Waals surface area contributed by atoms with Crippen molar-refractivity contribution in [3.63, 3.8) is 0 Å². The van der Waals surface area contributed by atoms with E-state index in [4.69, 9.17) is 4.74 Å². The summed E-state index contributed by atoms with van der Waals surface area (Å²) in [4.78, 5) is 13.2. The van der Waals surface area contributed by atoms with Crippen LogP contribution in [0.25, 0.3) is 5.69 Å². The molecule has 8 nitrogen and oxygen atoms in total. The van der Waals surface area contributed by atoms with Crippen LogP contribution in [0.1, 0.15) is 50.7 Å². The zero-order valence-electron chi connectivity index (χ0n) is 20.0. The highest BCUT2D eigenvalue weighted by Gasteiger charge is 2.41. The van der Waals surface area contributed by atoms with E-state index >= 15 is 0 Å². The molecule has 0 unspecified atom stereocenters. The van der Waals surface area contributed by atoms with Crippen LogP contribution in [0.4, 0.5) is 4.39 Å². The molecule has 1 aromatic heterocycles. The van der Waals surface area contributed by atoms with Crippen molar-refractivity contribution < 1.29 is 13.9 Å². The van der Waals surface area contributed by atoms with Crippen LogP contribution in [0, 0.1) is 11.7 Å². The molecule has 3 aromatic rings. The minimum Gasteiger partial charge on any atom is -0.496 e. The molecule has 1 fully saturated rings. The second kappa shape index (κ2) is 9.89. The Hall–Kier alpha value is -3.33. The van der Waals surface area contributed by atoms with Crippen LogP contribution in [-0.2, 0) is 11.3 Å². The SMILES string of the molecule is COc1ccc(-n2cnnn2)cc1CN[C@H]1CC[C@H](C(=O)NC(C)(C)C)[C@H]1c1ccc(F)cc1. The zero-order valence-corrected chi connectivity index (χ0v) is 20.0. The molecule has 1 amide bonds. The lowest BCUT2D eigenvalue weighted by molar-refractivity contribution is -0.126. The van der Waals surface area contributed by atoms with Gasteiger partial charge in [0.2, 0.25) is 5.91 Å². The third-order valence-corrected chi connectivity index (χ3v) is 6.18. The quantitative estimate of drug-likeness (QED) is 0.555. The molecule has 0 spiro atoms. The molecule has 3 atom stereocenters. The van der Waals surface area contributed by atoms with E-state index in [0.29, 0.717) is 6.54 Å². The van der Waals surface area contributed by atoms with Gasteiger partial charge in [0, 0.05) is 35.5 Å². The summed E-state index contributed by atoms with van der Waals surface area (Å²) in [6, 6.07) is 12.3. The van der Waals surface area contributed by atoms with Gasteiger partial charge in [-0.15, -0.1) is 5.10 Å². The minimum absolute atomic E-state index is 0.0318. The molecule has 9 heteroatoms. The first-order valence-corrected chi connectivity index (χ1v) is 11.5. The van der Waals surface area contributed by atoms with Crippen molar-refractivity contribution in [2.45, 2.75) is 57.7 Å². The molecule has 0 radical (unpaired) electrons. The first kappa shape index (κ1) is 23.8. The van der Waals surface area contributed by atoms with Gasteiger partial charge >= 0.3 is 0 Å². The number of nitrogens with zero attached hydrogens (tertiary/aromatic N) is 4. The van der Waals surface area contributed by atoms with Gasteiger partial charge < -0.3 is 15.4 Å². The number of hydrogen-bond acceptors (Lipinski definition) is 6. The van der Waals surface area contributed by atoms with Gasteiger partial charge in [-0.1, -0.05) is 12.1 Å². The second-order valence-electron chi connectivity index (χ2n) is 9.74. The van der Waals surface area contributed by atoms with Crippen LogP contribution in [0.5, 0.6) is 5.75 Å². The molecule has 0 bridgehead atoms. The fourth-order valence-corrected chi connectivity index (χ4v) is 4.70. The van der Waals surface area contributed by atoms with Crippen molar-refractivity contribution in [1.29, 1.82) is 0 Å². The Bertz CT molecular complexity index is 1110. The van der Waals surface area contributed by atoms with E-state index < -0.39 is 0 Å². The molecule has 0 aliphatic heterocycles. The van der Waals surface area contributed by atoms with Gasteiger partial charge in [-0.3, -0.25) is 4.79 Å². The summed E-state index contributed by atoms with van der Waals surface area (Å²) >= 11 is 0. The molecule has 1 saturated carbocycles. The summed E-state index contributed by atoms with van der Waals surface area (Å²) in [5.74, 6) is 0.228. The number of rotatable bonds is 7. The molecule has 1 aliphatic carbocycles. The monoisotopic (exact) mass is 466 g/mol. The molecular weight excluding hydrogens is 435 g/mol. The van der Waals surface area contributed by atoms with Crippen molar-refractivity contribution >= 4 is 5.91 Å². The Morgan fingerprint density at radius 1 is 1.18 bits per heavy atom. The van der Waals surface area contributed by atoms with Gasteiger partial charge in [0.05, 0.1) is 12.8 Å². The number of halogens is 1.